The Morgan fingerprint density at radius 1 is 1.29 bits per heavy atom. The summed E-state index contributed by atoms with van der Waals surface area (Å²) in [6.45, 7) is 7.11. The molecule has 0 bridgehead atoms. The summed E-state index contributed by atoms with van der Waals surface area (Å²) in [5.41, 5.74) is 0.395. The van der Waals surface area contributed by atoms with Gasteiger partial charge in [0, 0.05) is 12.1 Å². The molecule has 0 radical (unpaired) electrons. The van der Waals surface area contributed by atoms with E-state index < -0.39 is 0 Å². The number of ether oxygens (including phenoxy) is 2. The summed E-state index contributed by atoms with van der Waals surface area (Å²) in [6.07, 6.45) is 0. The van der Waals surface area contributed by atoms with Crippen LogP contribution in [0.1, 0.15) is 26.3 Å². The average molecular weight is 254 g/mol. The Morgan fingerprint density at radius 3 is 2.47 bits per heavy atom. The minimum atomic E-state index is 0.384. The number of benzene rings is 1. The van der Waals surface area contributed by atoms with Crippen molar-refractivity contribution in [2.75, 3.05) is 13.2 Å². The van der Waals surface area contributed by atoms with Crippen molar-refractivity contribution in [1.82, 2.24) is 0 Å². The molecule has 1 aromatic carbocycles. The topological polar surface area (TPSA) is 42.2 Å². The Morgan fingerprint density at radius 2 is 1.94 bits per heavy atom. The highest BCUT2D eigenvalue weighted by atomic mass is 35.5. The van der Waals surface area contributed by atoms with E-state index in [0.29, 0.717) is 41.2 Å². The normalized spacial score (nSPS) is 10.1. The van der Waals surface area contributed by atoms with E-state index in [1.54, 1.807) is 12.1 Å². The molecule has 0 amide bonds. The third-order valence-corrected chi connectivity index (χ3v) is 2.34. The van der Waals surface area contributed by atoms with Gasteiger partial charge in [-0.3, -0.25) is 0 Å². The van der Waals surface area contributed by atoms with Crippen molar-refractivity contribution in [1.29, 1.82) is 5.26 Å². The molecule has 92 valence electrons. The maximum Gasteiger partial charge on any atom is 0.162 e. The Bertz CT molecular complexity index is 424. The third kappa shape index (κ3) is 3.83. The molecule has 0 saturated carbocycles. The van der Waals surface area contributed by atoms with Crippen LogP contribution < -0.4 is 9.47 Å². The zero-order valence-electron chi connectivity index (χ0n) is 10.3. The highest BCUT2D eigenvalue weighted by Crippen LogP contribution is 2.33. The van der Waals surface area contributed by atoms with Gasteiger partial charge in [-0.15, -0.1) is 0 Å². The van der Waals surface area contributed by atoms with Crippen LogP contribution in [0.3, 0.4) is 0 Å². The van der Waals surface area contributed by atoms with E-state index in [-0.39, 0.29) is 0 Å². The second-order valence-electron chi connectivity index (χ2n) is 4.03. The van der Waals surface area contributed by atoms with Gasteiger partial charge < -0.3 is 9.47 Å². The predicted octanol–water partition coefficient (Wildman–Crippen LogP) is 3.65. The van der Waals surface area contributed by atoms with Crippen LogP contribution in [-0.2, 0) is 0 Å². The van der Waals surface area contributed by atoms with E-state index in [1.807, 2.05) is 13.0 Å². The van der Waals surface area contributed by atoms with E-state index in [2.05, 4.69) is 13.8 Å². The summed E-state index contributed by atoms with van der Waals surface area (Å²) in [5, 5.41) is 9.27. The van der Waals surface area contributed by atoms with Gasteiger partial charge in [0.1, 0.15) is 6.07 Å². The first kappa shape index (κ1) is 13.7. The Labute approximate surface area is 107 Å². The van der Waals surface area contributed by atoms with Crippen molar-refractivity contribution in [2.24, 2.45) is 5.92 Å². The van der Waals surface area contributed by atoms with Crippen LogP contribution in [0, 0.1) is 17.2 Å². The largest absolute Gasteiger partial charge is 0.490 e. The van der Waals surface area contributed by atoms with Gasteiger partial charge in [0.2, 0.25) is 0 Å². The van der Waals surface area contributed by atoms with E-state index in [9.17, 15) is 0 Å². The molecule has 1 rings (SSSR count). The number of hydrogen-bond donors (Lipinski definition) is 0. The van der Waals surface area contributed by atoms with E-state index in [4.69, 9.17) is 26.3 Å². The van der Waals surface area contributed by atoms with Gasteiger partial charge in [0.05, 0.1) is 23.8 Å². The Kier molecular flexibility index (Phi) is 5.11. The van der Waals surface area contributed by atoms with Crippen molar-refractivity contribution in [3.63, 3.8) is 0 Å². The summed E-state index contributed by atoms with van der Waals surface area (Å²) < 4.78 is 11.0. The van der Waals surface area contributed by atoms with Crippen molar-refractivity contribution in [3.8, 4) is 17.6 Å². The predicted molar refractivity (Wildman–Crippen MR) is 67.7 cm³/mol. The van der Waals surface area contributed by atoms with Gasteiger partial charge in [0.25, 0.3) is 0 Å². The SMILES string of the molecule is CCOc1cc(C#N)c(Cl)cc1OCC(C)C. The first-order valence-electron chi connectivity index (χ1n) is 5.57. The smallest absolute Gasteiger partial charge is 0.162 e. The molecular formula is C13H16ClNO2. The fraction of sp³-hybridized carbons (Fsp3) is 0.462. The molecule has 0 N–H and O–H groups in total. The minimum Gasteiger partial charge on any atom is -0.490 e. The fourth-order valence-electron chi connectivity index (χ4n) is 1.26. The van der Waals surface area contributed by atoms with Gasteiger partial charge in [-0.2, -0.15) is 5.26 Å². The number of rotatable bonds is 5. The lowest BCUT2D eigenvalue weighted by Gasteiger charge is -2.14. The molecule has 0 aliphatic heterocycles. The van der Waals surface area contributed by atoms with Crippen LogP contribution in [0.25, 0.3) is 0 Å². The summed E-state index contributed by atoms with van der Waals surface area (Å²) in [4.78, 5) is 0. The lowest BCUT2D eigenvalue weighted by molar-refractivity contribution is 0.248. The standard InChI is InChI=1S/C13H16ClNO2/c1-4-16-12-5-10(7-15)11(14)6-13(12)17-8-9(2)3/h5-6,9H,4,8H2,1-3H3. The molecule has 0 fully saturated rings. The molecule has 0 atom stereocenters. The number of nitriles is 1. The first-order chi connectivity index (χ1) is 8.08. The monoisotopic (exact) mass is 253 g/mol. The van der Waals surface area contributed by atoms with Gasteiger partial charge >= 0.3 is 0 Å². The van der Waals surface area contributed by atoms with E-state index in [0.717, 1.165) is 0 Å². The fourth-order valence-corrected chi connectivity index (χ4v) is 1.45. The lowest BCUT2D eigenvalue weighted by atomic mass is 10.2. The second kappa shape index (κ2) is 6.36. The van der Waals surface area contributed by atoms with Crippen molar-refractivity contribution >= 4 is 11.6 Å². The van der Waals surface area contributed by atoms with E-state index in [1.165, 1.54) is 0 Å². The summed E-state index contributed by atoms with van der Waals surface area (Å²) in [6, 6.07) is 5.26. The lowest BCUT2D eigenvalue weighted by Crippen LogP contribution is -2.06. The molecule has 0 aliphatic carbocycles. The number of hydrogen-bond acceptors (Lipinski definition) is 3. The summed E-state index contributed by atoms with van der Waals surface area (Å²) in [7, 11) is 0. The van der Waals surface area contributed by atoms with Crippen LogP contribution in [0.4, 0.5) is 0 Å². The quantitative estimate of drug-likeness (QED) is 0.804. The van der Waals surface area contributed by atoms with Gasteiger partial charge in [0.15, 0.2) is 11.5 Å². The van der Waals surface area contributed by atoms with Crippen LogP contribution in [0.2, 0.25) is 5.02 Å². The number of nitrogens with zero attached hydrogens (tertiary/aromatic N) is 1. The molecule has 0 spiro atoms. The van der Waals surface area contributed by atoms with Crippen molar-refractivity contribution in [2.45, 2.75) is 20.8 Å². The molecule has 1 aromatic rings. The van der Waals surface area contributed by atoms with Crippen LogP contribution in [0.5, 0.6) is 11.5 Å². The second-order valence-corrected chi connectivity index (χ2v) is 4.44. The maximum absolute atomic E-state index is 8.89. The highest BCUT2D eigenvalue weighted by molar-refractivity contribution is 6.31. The van der Waals surface area contributed by atoms with Crippen LogP contribution in [-0.4, -0.2) is 13.2 Å². The van der Waals surface area contributed by atoms with Crippen molar-refractivity contribution < 1.29 is 9.47 Å². The summed E-state index contributed by atoms with van der Waals surface area (Å²) >= 11 is 5.96. The summed E-state index contributed by atoms with van der Waals surface area (Å²) in [5.74, 6) is 1.57. The average Bonchev–Trinajstić information content (AvgIpc) is 2.29. The van der Waals surface area contributed by atoms with Crippen LogP contribution >= 0.6 is 11.6 Å². The molecule has 0 heterocycles. The Balaban J connectivity index is 3.01. The van der Waals surface area contributed by atoms with Gasteiger partial charge in [-0.25, -0.2) is 0 Å². The molecule has 0 saturated heterocycles. The minimum absolute atomic E-state index is 0.384. The zero-order valence-corrected chi connectivity index (χ0v) is 11.0. The molecule has 17 heavy (non-hydrogen) atoms. The molecule has 3 nitrogen and oxygen atoms in total. The molecule has 0 unspecified atom stereocenters. The van der Waals surface area contributed by atoms with Gasteiger partial charge in [-0.05, 0) is 12.8 Å². The molecule has 0 aliphatic rings. The maximum atomic E-state index is 8.89. The molecule has 0 aromatic heterocycles. The highest BCUT2D eigenvalue weighted by Gasteiger charge is 2.11. The first-order valence-corrected chi connectivity index (χ1v) is 5.95. The van der Waals surface area contributed by atoms with Crippen molar-refractivity contribution in [3.05, 3.63) is 22.7 Å². The number of halogens is 1. The molecular weight excluding hydrogens is 238 g/mol. The Hall–Kier alpha value is -1.40. The molecule has 4 heteroatoms. The zero-order chi connectivity index (χ0) is 12.8. The third-order valence-electron chi connectivity index (χ3n) is 2.03. The van der Waals surface area contributed by atoms with E-state index >= 15 is 0 Å². The van der Waals surface area contributed by atoms with Crippen LogP contribution in [0.15, 0.2) is 12.1 Å². The van der Waals surface area contributed by atoms with Gasteiger partial charge in [-0.1, -0.05) is 25.4 Å².